The molecule has 29 heavy (non-hydrogen) atoms. The van der Waals surface area contributed by atoms with Crippen LogP contribution in [0.1, 0.15) is 25.3 Å². The van der Waals surface area contributed by atoms with Crippen molar-refractivity contribution in [2.45, 2.75) is 25.8 Å². The van der Waals surface area contributed by atoms with Gasteiger partial charge in [0, 0.05) is 0 Å². The smallest absolute Gasteiger partial charge is 0.320 e. The molecule has 2 rings (SSSR count). The van der Waals surface area contributed by atoms with Crippen LogP contribution in [0, 0.1) is 5.92 Å². The van der Waals surface area contributed by atoms with E-state index in [9.17, 15) is 34.8 Å². The minimum atomic E-state index is -1.82. The van der Waals surface area contributed by atoms with Crippen molar-refractivity contribution in [2.75, 3.05) is 7.11 Å². The lowest BCUT2D eigenvalue weighted by atomic mass is 9.94. The van der Waals surface area contributed by atoms with Gasteiger partial charge < -0.3 is 25.2 Å². The van der Waals surface area contributed by atoms with Crippen LogP contribution in [0.5, 0.6) is 17.2 Å². The van der Waals surface area contributed by atoms with E-state index in [1.807, 2.05) is 0 Å². The molecule has 0 saturated carbocycles. The fraction of sp³-hybridized carbons (Fsp3) is 0.333. The van der Waals surface area contributed by atoms with Crippen LogP contribution in [0.25, 0.3) is 6.08 Å². The average molecular weight is 441 g/mol. The molecule has 1 heterocycles. The summed E-state index contributed by atoms with van der Waals surface area (Å²) in [5, 5.41) is 38.2. The Morgan fingerprint density at radius 1 is 1.28 bits per heavy atom. The van der Waals surface area contributed by atoms with Gasteiger partial charge in [-0.2, -0.15) is 0 Å². The number of thiocarbonyl (C=S) groups is 1. The van der Waals surface area contributed by atoms with Gasteiger partial charge in [0.05, 0.1) is 18.1 Å². The van der Waals surface area contributed by atoms with E-state index >= 15 is 0 Å². The minimum absolute atomic E-state index is 0.00703. The van der Waals surface area contributed by atoms with E-state index < -0.39 is 41.3 Å². The van der Waals surface area contributed by atoms with Crippen molar-refractivity contribution in [3.63, 3.8) is 0 Å². The van der Waals surface area contributed by atoms with Crippen LogP contribution in [0.3, 0.4) is 0 Å². The van der Waals surface area contributed by atoms with Crippen LogP contribution in [0.2, 0.25) is 0 Å². The predicted molar refractivity (Wildman–Crippen MR) is 109 cm³/mol. The number of thioether (sulfide) groups is 1. The van der Waals surface area contributed by atoms with E-state index in [1.54, 1.807) is 6.92 Å². The Hall–Kier alpha value is -2.79. The van der Waals surface area contributed by atoms with Crippen molar-refractivity contribution in [1.29, 1.82) is 0 Å². The van der Waals surface area contributed by atoms with Crippen molar-refractivity contribution in [3.05, 3.63) is 22.6 Å². The zero-order chi connectivity index (χ0) is 21.9. The van der Waals surface area contributed by atoms with Gasteiger partial charge in [0.2, 0.25) is 5.75 Å². The van der Waals surface area contributed by atoms with Crippen LogP contribution in [0.4, 0.5) is 0 Å². The lowest BCUT2D eigenvalue weighted by Gasteiger charge is -2.29. The third-order valence-electron chi connectivity index (χ3n) is 4.25. The van der Waals surface area contributed by atoms with E-state index in [4.69, 9.17) is 17.0 Å². The molecule has 1 aliphatic rings. The molecule has 0 aliphatic carbocycles. The summed E-state index contributed by atoms with van der Waals surface area (Å²) >= 11 is 6.11. The summed E-state index contributed by atoms with van der Waals surface area (Å²) < 4.78 is 5.00. The first kappa shape index (κ1) is 22.5. The van der Waals surface area contributed by atoms with Crippen molar-refractivity contribution < 1.29 is 39.5 Å². The number of aliphatic carboxylic acids is 2. The highest BCUT2D eigenvalue weighted by atomic mass is 32.2. The van der Waals surface area contributed by atoms with Crippen LogP contribution < -0.4 is 4.74 Å². The number of benzene rings is 1. The maximum Gasteiger partial charge on any atom is 0.320 e. The summed E-state index contributed by atoms with van der Waals surface area (Å²) in [5.74, 6) is -6.47. The number of aromatic hydroxyl groups is 2. The number of rotatable bonds is 8. The van der Waals surface area contributed by atoms with E-state index in [1.165, 1.54) is 25.3 Å². The second-order valence-electron chi connectivity index (χ2n) is 6.15. The molecule has 0 aromatic heterocycles. The maximum absolute atomic E-state index is 12.9. The summed E-state index contributed by atoms with van der Waals surface area (Å²) in [6, 6.07) is 1.46. The molecule has 1 fully saturated rings. The lowest BCUT2D eigenvalue weighted by molar-refractivity contribution is -0.157. The predicted octanol–water partition coefficient (Wildman–Crippen LogP) is 2.26. The first-order valence-electron chi connectivity index (χ1n) is 8.45. The highest BCUT2D eigenvalue weighted by Crippen LogP contribution is 2.40. The molecular weight excluding hydrogens is 422 g/mol. The molecule has 1 amide bonds. The molecule has 1 unspecified atom stereocenters. The number of phenolic OH excluding ortho intramolecular Hbond substituents is 2. The number of carbonyl (C=O) groups is 3. The van der Waals surface area contributed by atoms with Gasteiger partial charge >= 0.3 is 11.9 Å². The highest BCUT2D eigenvalue weighted by molar-refractivity contribution is 8.26. The molecule has 11 heteroatoms. The average Bonchev–Trinajstić information content (AvgIpc) is 2.90. The van der Waals surface area contributed by atoms with Crippen LogP contribution in [0.15, 0.2) is 17.0 Å². The third-order valence-corrected chi connectivity index (χ3v) is 5.58. The van der Waals surface area contributed by atoms with Gasteiger partial charge in [0.15, 0.2) is 17.4 Å². The van der Waals surface area contributed by atoms with Crippen LogP contribution in [-0.2, 0) is 14.4 Å². The van der Waals surface area contributed by atoms with E-state index in [0.29, 0.717) is 12.0 Å². The monoisotopic (exact) mass is 441 g/mol. The lowest BCUT2D eigenvalue weighted by Crippen LogP contribution is -2.48. The number of hydrogen-bond donors (Lipinski definition) is 4. The van der Waals surface area contributed by atoms with Gasteiger partial charge in [0.1, 0.15) is 4.32 Å². The first-order chi connectivity index (χ1) is 13.6. The molecular formula is C18H19NO8S2. The Morgan fingerprint density at radius 2 is 1.90 bits per heavy atom. The maximum atomic E-state index is 12.9. The van der Waals surface area contributed by atoms with Gasteiger partial charge in [0.25, 0.3) is 5.91 Å². The van der Waals surface area contributed by atoms with Gasteiger partial charge in [-0.05, 0) is 30.2 Å². The fourth-order valence-electron chi connectivity index (χ4n) is 2.95. The molecule has 1 aromatic carbocycles. The molecule has 0 spiro atoms. The van der Waals surface area contributed by atoms with E-state index in [0.717, 1.165) is 16.7 Å². The summed E-state index contributed by atoms with van der Waals surface area (Å²) in [7, 11) is 1.30. The summed E-state index contributed by atoms with van der Waals surface area (Å²) in [6.45, 7) is 1.74. The zero-order valence-electron chi connectivity index (χ0n) is 15.5. The number of carbonyl (C=O) groups excluding carboxylic acids is 1. The molecule has 1 aliphatic heterocycles. The normalized spacial score (nSPS) is 16.5. The van der Waals surface area contributed by atoms with Crippen molar-refractivity contribution in [3.8, 4) is 17.2 Å². The SMILES string of the molecule is CCCC(C(C(=O)O)C(=O)O)N1C(=O)C(=Cc2cc(O)c(O)c(OC)c2)SC1=S. The van der Waals surface area contributed by atoms with Gasteiger partial charge in [-0.1, -0.05) is 37.3 Å². The number of phenols is 2. The standard InChI is InChI=1S/C18H19NO8S2/c1-3-4-9(13(16(23)24)17(25)26)19-15(22)12(29-18(19)28)7-8-5-10(20)14(21)11(6-8)27-2/h5-7,9,13,20-21H,3-4H2,1-2H3,(H,23,24)(H,25,26). The molecule has 1 saturated heterocycles. The highest BCUT2D eigenvalue weighted by Gasteiger charge is 2.45. The van der Waals surface area contributed by atoms with Crippen molar-refractivity contribution in [1.82, 2.24) is 4.90 Å². The number of nitrogens with zero attached hydrogens (tertiary/aromatic N) is 1. The summed E-state index contributed by atoms with van der Waals surface area (Å²) in [6.07, 6.45) is 1.97. The molecule has 156 valence electrons. The third kappa shape index (κ3) is 4.62. The molecule has 0 radical (unpaired) electrons. The van der Waals surface area contributed by atoms with E-state index in [-0.39, 0.29) is 21.4 Å². The molecule has 9 nitrogen and oxygen atoms in total. The van der Waals surface area contributed by atoms with Crippen LogP contribution in [-0.4, -0.2) is 60.6 Å². The van der Waals surface area contributed by atoms with Crippen molar-refractivity contribution >= 4 is 52.2 Å². The molecule has 4 N–H and O–H groups in total. The largest absolute Gasteiger partial charge is 0.504 e. The quantitative estimate of drug-likeness (QED) is 0.205. The van der Waals surface area contributed by atoms with Crippen LogP contribution >= 0.6 is 24.0 Å². The minimum Gasteiger partial charge on any atom is -0.504 e. The first-order valence-corrected chi connectivity index (χ1v) is 9.67. The zero-order valence-corrected chi connectivity index (χ0v) is 17.1. The Bertz CT molecular complexity index is 884. The van der Waals surface area contributed by atoms with Gasteiger partial charge in [-0.15, -0.1) is 0 Å². The second-order valence-corrected chi connectivity index (χ2v) is 7.83. The Balaban J connectivity index is 2.44. The summed E-state index contributed by atoms with van der Waals surface area (Å²) in [5.41, 5.74) is 0.331. The second kappa shape index (κ2) is 9.14. The number of hydrogen-bond acceptors (Lipinski definition) is 8. The van der Waals surface area contributed by atoms with E-state index in [2.05, 4.69) is 0 Å². The topological polar surface area (TPSA) is 145 Å². The van der Waals surface area contributed by atoms with Crippen molar-refractivity contribution in [2.24, 2.45) is 5.92 Å². The fourth-order valence-corrected chi connectivity index (χ4v) is 4.32. The number of ether oxygens (including phenoxy) is 1. The Kier molecular flexibility index (Phi) is 7.09. The number of carboxylic acid groups (broad SMARTS) is 2. The number of methoxy groups -OCH3 is 1. The van der Waals surface area contributed by atoms with Gasteiger partial charge in [-0.3, -0.25) is 19.3 Å². The Labute approximate surface area is 175 Å². The number of carboxylic acids is 2. The number of amides is 1. The Morgan fingerprint density at radius 3 is 2.41 bits per heavy atom. The molecule has 0 bridgehead atoms. The molecule has 1 aromatic rings. The van der Waals surface area contributed by atoms with Gasteiger partial charge in [-0.25, -0.2) is 0 Å². The molecule has 1 atom stereocenters. The summed E-state index contributed by atoms with van der Waals surface area (Å²) in [4.78, 5) is 37.0.